The number of carbonyl (C=O) groups is 1. The van der Waals surface area contributed by atoms with Gasteiger partial charge < -0.3 is 11.1 Å². The van der Waals surface area contributed by atoms with E-state index in [1.54, 1.807) is 0 Å². The summed E-state index contributed by atoms with van der Waals surface area (Å²) in [5.41, 5.74) is 8.00. The minimum atomic E-state index is -0.496. The van der Waals surface area contributed by atoms with E-state index in [9.17, 15) is 4.79 Å². The molecular formula is C15H24N2O. The first-order valence-electron chi connectivity index (χ1n) is 6.34. The largest absolute Gasteiger partial charge is 0.348 e. The summed E-state index contributed by atoms with van der Waals surface area (Å²) in [6.45, 7) is 9.92. The first kappa shape index (κ1) is 14.7. The summed E-state index contributed by atoms with van der Waals surface area (Å²) >= 11 is 0. The number of hydrogen-bond acceptors (Lipinski definition) is 2. The van der Waals surface area contributed by atoms with Gasteiger partial charge >= 0.3 is 0 Å². The summed E-state index contributed by atoms with van der Waals surface area (Å²) < 4.78 is 0. The molecule has 1 rings (SSSR count). The van der Waals surface area contributed by atoms with Crippen LogP contribution in [0.4, 0.5) is 0 Å². The fourth-order valence-electron chi connectivity index (χ4n) is 1.72. The first-order valence-corrected chi connectivity index (χ1v) is 6.34. The zero-order valence-electron chi connectivity index (χ0n) is 11.9. The van der Waals surface area contributed by atoms with Crippen LogP contribution < -0.4 is 11.1 Å². The van der Waals surface area contributed by atoms with Gasteiger partial charge in [0.05, 0.1) is 12.1 Å². The molecule has 18 heavy (non-hydrogen) atoms. The molecule has 100 valence electrons. The monoisotopic (exact) mass is 248 g/mol. The molecule has 0 aromatic heterocycles. The van der Waals surface area contributed by atoms with Crippen molar-refractivity contribution in [3.8, 4) is 0 Å². The van der Waals surface area contributed by atoms with Gasteiger partial charge in [-0.25, -0.2) is 0 Å². The lowest BCUT2D eigenvalue weighted by Gasteiger charge is -2.27. The summed E-state index contributed by atoms with van der Waals surface area (Å²) in [5.74, 6) is -0.100. The topological polar surface area (TPSA) is 55.1 Å². The summed E-state index contributed by atoms with van der Waals surface area (Å²) in [6.07, 6.45) is 0. The van der Waals surface area contributed by atoms with Gasteiger partial charge in [0.25, 0.3) is 0 Å². The van der Waals surface area contributed by atoms with E-state index in [1.807, 2.05) is 52.8 Å². The van der Waals surface area contributed by atoms with Gasteiger partial charge in [0.15, 0.2) is 0 Å². The summed E-state index contributed by atoms with van der Waals surface area (Å²) in [6, 6.07) is 7.61. The number of benzene rings is 1. The Labute approximate surface area is 110 Å². The Bertz CT molecular complexity index is 421. The summed E-state index contributed by atoms with van der Waals surface area (Å²) in [5, 5.41) is 2.97. The van der Waals surface area contributed by atoms with Crippen LogP contribution in [0.15, 0.2) is 24.3 Å². The molecule has 3 nitrogen and oxygen atoms in total. The smallest absolute Gasteiger partial charge is 0.237 e. The Hall–Kier alpha value is -1.35. The SMILES string of the molecule is Cc1cccc([C@@H](C)NC(=O)C(N)C(C)(C)C)c1. The Morgan fingerprint density at radius 2 is 1.94 bits per heavy atom. The second-order valence-corrected chi connectivity index (χ2v) is 5.99. The van der Waals surface area contributed by atoms with Gasteiger partial charge in [0.1, 0.15) is 0 Å². The zero-order chi connectivity index (χ0) is 13.9. The zero-order valence-corrected chi connectivity index (χ0v) is 11.9. The number of aryl methyl sites for hydroxylation is 1. The van der Waals surface area contributed by atoms with Gasteiger partial charge in [0, 0.05) is 0 Å². The maximum Gasteiger partial charge on any atom is 0.237 e. The standard InChI is InChI=1S/C15H24N2O/c1-10-7-6-8-12(9-10)11(2)17-14(18)13(16)15(3,4)5/h6-9,11,13H,16H2,1-5H3,(H,17,18)/t11-,13?/m1/s1. The third-order valence-electron chi connectivity index (χ3n) is 3.12. The normalized spacial score (nSPS) is 15.0. The highest BCUT2D eigenvalue weighted by Crippen LogP contribution is 2.19. The molecule has 2 atom stereocenters. The van der Waals surface area contributed by atoms with Gasteiger partial charge in [0.2, 0.25) is 5.91 Å². The molecule has 0 saturated heterocycles. The molecule has 0 fully saturated rings. The first-order chi connectivity index (χ1) is 8.21. The molecule has 1 unspecified atom stereocenters. The van der Waals surface area contributed by atoms with Gasteiger partial charge in [-0.2, -0.15) is 0 Å². The number of nitrogens with two attached hydrogens (primary N) is 1. The van der Waals surface area contributed by atoms with E-state index in [0.717, 1.165) is 5.56 Å². The Morgan fingerprint density at radius 3 is 2.44 bits per heavy atom. The lowest BCUT2D eigenvalue weighted by Crippen LogP contribution is -2.49. The van der Waals surface area contributed by atoms with Crippen molar-refractivity contribution in [1.82, 2.24) is 5.32 Å². The van der Waals surface area contributed by atoms with E-state index in [0.29, 0.717) is 0 Å². The quantitative estimate of drug-likeness (QED) is 0.863. The maximum absolute atomic E-state index is 12.0. The third kappa shape index (κ3) is 3.84. The molecule has 1 aromatic rings. The Balaban J connectivity index is 2.71. The lowest BCUT2D eigenvalue weighted by molar-refractivity contribution is -0.125. The van der Waals surface area contributed by atoms with Crippen molar-refractivity contribution in [2.75, 3.05) is 0 Å². The number of rotatable bonds is 3. The predicted octanol–water partition coefficient (Wildman–Crippen LogP) is 2.55. The minimum absolute atomic E-state index is 0.0224. The number of hydrogen-bond donors (Lipinski definition) is 2. The van der Waals surface area contributed by atoms with Crippen molar-refractivity contribution in [3.63, 3.8) is 0 Å². The van der Waals surface area contributed by atoms with Crippen LogP contribution in [-0.2, 0) is 4.79 Å². The highest BCUT2D eigenvalue weighted by molar-refractivity contribution is 5.82. The van der Waals surface area contributed by atoms with Crippen molar-refractivity contribution >= 4 is 5.91 Å². The molecule has 0 radical (unpaired) electrons. The van der Waals surface area contributed by atoms with Crippen LogP contribution >= 0.6 is 0 Å². The fraction of sp³-hybridized carbons (Fsp3) is 0.533. The van der Waals surface area contributed by atoms with Crippen molar-refractivity contribution in [2.45, 2.75) is 46.7 Å². The highest BCUT2D eigenvalue weighted by Gasteiger charge is 2.28. The van der Waals surface area contributed by atoms with E-state index in [2.05, 4.69) is 11.4 Å². The van der Waals surface area contributed by atoms with E-state index in [-0.39, 0.29) is 17.4 Å². The molecule has 1 amide bonds. The van der Waals surface area contributed by atoms with Crippen LogP contribution in [-0.4, -0.2) is 11.9 Å². The molecule has 0 saturated carbocycles. The number of carbonyl (C=O) groups excluding carboxylic acids is 1. The van der Waals surface area contributed by atoms with Gasteiger partial charge in [-0.05, 0) is 24.8 Å². The van der Waals surface area contributed by atoms with Crippen LogP contribution in [0.1, 0.15) is 44.9 Å². The van der Waals surface area contributed by atoms with Crippen LogP contribution in [0.3, 0.4) is 0 Å². The average Bonchev–Trinajstić information content (AvgIpc) is 2.26. The summed E-state index contributed by atoms with van der Waals surface area (Å²) in [7, 11) is 0. The Kier molecular flexibility index (Phi) is 4.52. The van der Waals surface area contributed by atoms with E-state index in [4.69, 9.17) is 5.73 Å². The fourth-order valence-corrected chi connectivity index (χ4v) is 1.72. The van der Waals surface area contributed by atoms with Crippen molar-refractivity contribution in [1.29, 1.82) is 0 Å². The van der Waals surface area contributed by atoms with E-state index < -0.39 is 6.04 Å². The van der Waals surface area contributed by atoms with Gasteiger partial charge in [-0.15, -0.1) is 0 Å². The van der Waals surface area contributed by atoms with E-state index in [1.165, 1.54) is 5.56 Å². The highest BCUT2D eigenvalue weighted by atomic mass is 16.2. The van der Waals surface area contributed by atoms with Crippen molar-refractivity contribution in [3.05, 3.63) is 35.4 Å². The predicted molar refractivity (Wildman–Crippen MR) is 75.2 cm³/mol. The number of amides is 1. The molecule has 1 aromatic carbocycles. The minimum Gasteiger partial charge on any atom is -0.348 e. The van der Waals surface area contributed by atoms with Crippen LogP contribution in [0.5, 0.6) is 0 Å². The van der Waals surface area contributed by atoms with Gasteiger partial charge in [-0.1, -0.05) is 50.6 Å². The second kappa shape index (κ2) is 5.53. The lowest BCUT2D eigenvalue weighted by atomic mass is 9.86. The van der Waals surface area contributed by atoms with Crippen molar-refractivity contribution in [2.24, 2.45) is 11.1 Å². The van der Waals surface area contributed by atoms with Crippen molar-refractivity contribution < 1.29 is 4.79 Å². The molecule has 3 N–H and O–H groups in total. The van der Waals surface area contributed by atoms with Gasteiger partial charge in [-0.3, -0.25) is 4.79 Å². The third-order valence-corrected chi connectivity index (χ3v) is 3.12. The number of nitrogens with one attached hydrogen (secondary N) is 1. The van der Waals surface area contributed by atoms with Crippen LogP contribution in [0.25, 0.3) is 0 Å². The molecule has 0 aliphatic carbocycles. The second-order valence-electron chi connectivity index (χ2n) is 5.99. The molecular weight excluding hydrogens is 224 g/mol. The molecule has 0 spiro atoms. The Morgan fingerprint density at radius 1 is 1.33 bits per heavy atom. The molecule has 3 heteroatoms. The molecule has 0 aliphatic rings. The molecule has 0 aliphatic heterocycles. The maximum atomic E-state index is 12.0. The summed E-state index contributed by atoms with van der Waals surface area (Å²) in [4.78, 5) is 12.0. The van der Waals surface area contributed by atoms with Crippen LogP contribution in [0.2, 0.25) is 0 Å². The molecule has 0 bridgehead atoms. The molecule has 0 heterocycles. The average molecular weight is 248 g/mol. The van der Waals surface area contributed by atoms with Crippen LogP contribution in [0, 0.1) is 12.3 Å². The van der Waals surface area contributed by atoms with E-state index >= 15 is 0 Å².